The monoisotopic (exact) mass is 407 g/mol. The summed E-state index contributed by atoms with van der Waals surface area (Å²) < 4.78 is 3.22. The number of hydrogen-bond acceptors (Lipinski definition) is 3. The summed E-state index contributed by atoms with van der Waals surface area (Å²) in [7, 11) is 7.01. The molecule has 0 aromatic heterocycles. The van der Waals surface area contributed by atoms with E-state index < -0.39 is 18.0 Å². The molecule has 0 saturated carbocycles. The predicted octanol–water partition coefficient (Wildman–Crippen LogP) is -7.10. The highest BCUT2D eigenvalue weighted by Crippen LogP contribution is 1.90. The van der Waals surface area contributed by atoms with E-state index in [0.29, 0.717) is 11.9 Å². The van der Waals surface area contributed by atoms with Crippen molar-refractivity contribution in [3.05, 3.63) is 0 Å². The largest absolute Gasteiger partial charge is 0.544 e. The molecule has 0 unspecified atom stereocenters. The summed E-state index contributed by atoms with van der Waals surface area (Å²) in [4.78, 5) is 27.0. The van der Waals surface area contributed by atoms with Gasteiger partial charge in [0, 0.05) is 6.42 Å². The van der Waals surface area contributed by atoms with Crippen LogP contribution in [0.4, 0.5) is 0 Å². The summed E-state index contributed by atoms with van der Waals surface area (Å²) >= 11 is 0. The number of rotatable bonds is 4. The highest BCUT2D eigenvalue weighted by Gasteiger charge is 2.08. The zero-order valence-electron chi connectivity index (χ0n) is 16.6. The number of nitrogens with two attached hydrogens (primary N) is 6. The van der Waals surface area contributed by atoms with E-state index in [9.17, 15) is 14.7 Å². The lowest BCUT2D eigenvalue weighted by Crippen LogP contribution is -2.68. The molecule has 15 nitrogen and oxygen atoms in total. The Labute approximate surface area is 162 Å². The molecule has 1 atom stereocenters. The fourth-order valence-electron chi connectivity index (χ4n) is 0.880. The number of hydrogen-bond donors (Lipinski definition) is 8. The van der Waals surface area contributed by atoms with Crippen LogP contribution in [0.2, 0.25) is 0 Å². The number of carbonyl (C=O) groups is 2. The number of aliphatic imine (C=N–C) groups is 2. The van der Waals surface area contributed by atoms with Gasteiger partial charge in [0.15, 0.2) is 0 Å². The van der Waals surface area contributed by atoms with Crippen molar-refractivity contribution in [3.63, 3.8) is 0 Å². The van der Waals surface area contributed by atoms with Crippen molar-refractivity contribution < 1.29 is 34.7 Å². The summed E-state index contributed by atoms with van der Waals surface area (Å²) in [6, 6.07) is -0.920. The van der Waals surface area contributed by atoms with Crippen LogP contribution in [0.1, 0.15) is 12.8 Å². The van der Waals surface area contributed by atoms with Crippen LogP contribution in [0.3, 0.4) is 0 Å². The minimum Gasteiger partial charge on any atom is -0.544 e. The van der Waals surface area contributed by atoms with Crippen LogP contribution in [0.25, 0.3) is 0 Å². The molecule has 0 aromatic carbocycles. The molecular weight excluding hydrogens is 374 g/mol. The van der Waals surface area contributed by atoms with Gasteiger partial charge in [-0.3, -0.25) is 25.4 Å². The highest BCUT2D eigenvalue weighted by molar-refractivity contribution is 5.90. The van der Waals surface area contributed by atoms with Crippen LogP contribution < -0.4 is 45.2 Å². The number of guanidine groups is 4. The lowest BCUT2D eigenvalue weighted by atomic mass is 10.2. The molecule has 0 aliphatic rings. The van der Waals surface area contributed by atoms with E-state index in [0.717, 1.165) is 0 Å². The Hall–Kier alpha value is -3.62. The van der Waals surface area contributed by atoms with Crippen molar-refractivity contribution in [3.8, 4) is 0 Å². The van der Waals surface area contributed by atoms with E-state index in [1.807, 2.05) is 0 Å². The van der Waals surface area contributed by atoms with E-state index in [1.54, 1.807) is 37.3 Å². The zero-order valence-corrected chi connectivity index (χ0v) is 16.6. The van der Waals surface area contributed by atoms with Crippen molar-refractivity contribution in [2.75, 3.05) is 28.2 Å². The molecule has 0 heterocycles. The second-order valence-corrected chi connectivity index (χ2v) is 5.53. The van der Waals surface area contributed by atoms with E-state index in [1.165, 1.54) is 0 Å². The van der Waals surface area contributed by atoms with Crippen molar-refractivity contribution in [1.29, 1.82) is 0 Å². The van der Waals surface area contributed by atoms with Gasteiger partial charge in [0.1, 0.15) is 6.04 Å². The van der Waals surface area contributed by atoms with Gasteiger partial charge in [-0.05, 0) is 9.98 Å². The van der Waals surface area contributed by atoms with E-state index >= 15 is 0 Å². The summed E-state index contributed by atoms with van der Waals surface area (Å²) in [5, 5.41) is 18.0. The maximum atomic E-state index is 9.95. The van der Waals surface area contributed by atoms with Crippen LogP contribution in [0.5, 0.6) is 0 Å². The van der Waals surface area contributed by atoms with Gasteiger partial charge in [-0.2, -0.15) is 0 Å². The van der Waals surface area contributed by atoms with Gasteiger partial charge in [0.05, 0.1) is 40.6 Å². The van der Waals surface area contributed by atoms with Crippen LogP contribution in [0.15, 0.2) is 9.98 Å². The van der Waals surface area contributed by atoms with Gasteiger partial charge in [-0.25, -0.2) is 0 Å². The Morgan fingerprint density at radius 2 is 1.25 bits per heavy atom. The SMILES string of the molecule is C[N+](C)=C(N)N=C(N)N.C[N+](C)=C(N)N=C(N)N.[NH3+][C@@H](CCC(=O)O)C(=O)[O-]. The molecule has 0 radical (unpaired) electrons. The number of carboxylic acid groups (broad SMARTS) is 2. The molecule has 28 heavy (non-hydrogen) atoms. The summed E-state index contributed by atoms with van der Waals surface area (Å²) in [6.07, 6.45) is -0.153. The van der Waals surface area contributed by atoms with Gasteiger partial charge in [-0.15, -0.1) is 0 Å². The Morgan fingerprint density at radius 1 is 0.929 bits per heavy atom. The number of carbonyl (C=O) groups excluding carboxylic acids is 1. The quantitative estimate of drug-likeness (QED) is 0.124. The average molecular weight is 407 g/mol. The van der Waals surface area contributed by atoms with Crippen molar-refractivity contribution in [2.24, 2.45) is 44.4 Å². The van der Waals surface area contributed by atoms with Crippen LogP contribution >= 0.6 is 0 Å². The maximum absolute atomic E-state index is 9.95. The normalized spacial score (nSPS) is 9.75. The molecular formula is C13H33N11O4+2. The minimum atomic E-state index is -1.30. The molecule has 0 amide bonds. The molecule has 0 aromatic rings. The minimum absolute atomic E-state index is 0.0255. The van der Waals surface area contributed by atoms with Crippen molar-refractivity contribution in [2.45, 2.75) is 18.9 Å². The molecule has 162 valence electrons. The first-order chi connectivity index (χ1) is 12.6. The number of aliphatic carboxylic acids is 2. The molecule has 0 aliphatic carbocycles. The van der Waals surface area contributed by atoms with E-state index in [2.05, 4.69) is 15.7 Å². The van der Waals surface area contributed by atoms with E-state index in [-0.39, 0.29) is 24.8 Å². The molecule has 0 aliphatic heterocycles. The maximum Gasteiger partial charge on any atom is 0.387 e. The third-order valence-electron chi connectivity index (χ3n) is 2.44. The molecule has 16 N–H and O–H groups in total. The lowest BCUT2D eigenvalue weighted by Gasteiger charge is -2.05. The van der Waals surface area contributed by atoms with Crippen molar-refractivity contribution >= 4 is 35.8 Å². The first-order valence-electron chi connectivity index (χ1n) is 7.66. The van der Waals surface area contributed by atoms with Gasteiger partial charge in [0.25, 0.3) is 11.9 Å². The molecule has 0 spiro atoms. The molecule has 15 heteroatoms. The second-order valence-electron chi connectivity index (χ2n) is 5.53. The first-order valence-corrected chi connectivity index (χ1v) is 7.66. The molecule has 0 saturated heterocycles. The zero-order chi connectivity index (χ0) is 23.0. The Balaban J connectivity index is -0.000000336. The molecule has 0 rings (SSSR count). The third-order valence-corrected chi connectivity index (χ3v) is 2.44. The van der Waals surface area contributed by atoms with Gasteiger partial charge < -0.3 is 43.7 Å². The van der Waals surface area contributed by atoms with Crippen LogP contribution in [-0.2, 0) is 9.59 Å². The second kappa shape index (κ2) is 15.6. The summed E-state index contributed by atoms with van der Waals surface area (Å²) in [6.45, 7) is 0. The smallest absolute Gasteiger partial charge is 0.387 e. The Morgan fingerprint density at radius 3 is 1.39 bits per heavy atom. The van der Waals surface area contributed by atoms with Gasteiger partial charge in [0.2, 0.25) is 0 Å². The molecule has 0 bridgehead atoms. The number of carboxylic acids is 2. The Kier molecular flexibility index (Phi) is 16.3. The van der Waals surface area contributed by atoms with Gasteiger partial charge >= 0.3 is 17.9 Å². The predicted molar refractivity (Wildman–Crippen MR) is 103 cm³/mol. The fraction of sp³-hybridized carbons (Fsp3) is 0.538. The topological polar surface area (TPSA) is 292 Å². The number of nitrogens with zero attached hydrogens (tertiary/aromatic N) is 4. The van der Waals surface area contributed by atoms with Gasteiger partial charge in [-0.1, -0.05) is 0 Å². The van der Waals surface area contributed by atoms with Crippen LogP contribution in [-0.4, -0.2) is 84.3 Å². The highest BCUT2D eigenvalue weighted by atomic mass is 16.4. The van der Waals surface area contributed by atoms with Crippen molar-refractivity contribution in [1.82, 2.24) is 0 Å². The summed E-state index contributed by atoms with van der Waals surface area (Å²) in [5.74, 6) is -1.77. The van der Waals surface area contributed by atoms with Crippen LogP contribution in [0, 0.1) is 0 Å². The molecule has 0 fully saturated rings. The summed E-state index contributed by atoms with van der Waals surface area (Å²) in [5.41, 5.74) is 33.9. The van der Waals surface area contributed by atoms with E-state index in [4.69, 9.17) is 39.5 Å². The first kappa shape index (κ1) is 29.2. The Bertz CT molecular complexity index is 586. The fourth-order valence-corrected chi connectivity index (χ4v) is 0.880. The standard InChI is InChI=1S/C5H9NO4.2C4H11N5/c6-3(5(9)10)1-2-4(7)8;2*1-9(2)4(7)8-3(5)6/h3H,1-2,6H2,(H,7,8)(H,9,10);2*1-2H3,(H5,5,6,7,8)/p+2/t3-;;/m0../s1. The third kappa shape index (κ3) is 22.4. The number of quaternary nitrogens is 1. The lowest BCUT2D eigenvalue weighted by molar-refractivity contribution is -0.466. The average Bonchev–Trinajstić information content (AvgIpc) is 2.52.